The van der Waals surface area contributed by atoms with Gasteiger partial charge in [-0.05, 0) is 49.2 Å². The van der Waals surface area contributed by atoms with Gasteiger partial charge in [-0.15, -0.1) is 0 Å². The Morgan fingerprint density at radius 2 is 1.85 bits per heavy atom. The molecule has 0 spiro atoms. The SMILES string of the molecule is Cc1ccc2oc(C(N)Cc3ccc(Cl)cc3)cc2c1. The van der Waals surface area contributed by atoms with Crippen LogP contribution in [0.3, 0.4) is 0 Å². The fourth-order valence-corrected chi connectivity index (χ4v) is 2.47. The molecule has 1 aromatic heterocycles. The monoisotopic (exact) mass is 285 g/mol. The predicted molar refractivity (Wildman–Crippen MR) is 83.0 cm³/mol. The van der Waals surface area contributed by atoms with Crippen LogP contribution in [0.4, 0.5) is 0 Å². The molecule has 3 heteroatoms. The zero-order valence-corrected chi connectivity index (χ0v) is 12.0. The maximum atomic E-state index is 6.24. The lowest BCUT2D eigenvalue weighted by Crippen LogP contribution is -2.12. The minimum Gasteiger partial charge on any atom is -0.459 e. The quantitative estimate of drug-likeness (QED) is 0.761. The third-order valence-corrected chi connectivity index (χ3v) is 3.68. The molecule has 0 aliphatic rings. The maximum absolute atomic E-state index is 6.24. The summed E-state index contributed by atoms with van der Waals surface area (Å²) in [4.78, 5) is 0. The maximum Gasteiger partial charge on any atom is 0.134 e. The van der Waals surface area contributed by atoms with Gasteiger partial charge in [0.25, 0.3) is 0 Å². The molecule has 0 saturated carbocycles. The summed E-state index contributed by atoms with van der Waals surface area (Å²) < 4.78 is 5.83. The van der Waals surface area contributed by atoms with Crippen molar-refractivity contribution in [1.82, 2.24) is 0 Å². The minimum absolute atomic E-state index is 0.149. The van der Waals surface area contributed by atoms with Gasteiger partial charge in [0.05, 0.1) is 6.04 Å². The van der Waals surface area contributed by atoms with Gasteiger partial charge in [0, 0.05) is 10.4 Å². The van der Waals surface area contributed by atoms with Crippen molar-refractivity contribution in [2.75, 3.05) is 0 Å². The Morgan fingerprint density at radius 1 is 1.10 bits per heavy atom. The highest BCUT2D eigenvalue weighted by Gasteiger charge is 2.13. The lowest BCUT2D eigenvalue weighted by atomic mass is 10.0. The molecule has 2 aromatic carbocycles. The van der Waals surface area contributed by atoms with Crippen LogP contribution >= 0.6 is 11.6 Å². The van der Waals surface area contributed by atoms with E-state index in [0.29, 0.717) is 0 Å². The van der Waals surface area contributed by atoms with E-state index in [1.807, 2.05) is 42.5 Å². The summed E-state index contributed by atoms with van der Waals surface area (Å²) in [6, 6.07) is 15.8. The van der Waals surface area contributed by atoms with Crippen molar-refractivity contribution in [2.45, 2.75) is 19.4 Å². The Hall–Kier alpha value is -1.77. The molecule has 2 N–H and O–H groups in total. The first-order valence-electron chi connectivity index (χ1n) is 6.62. The molecule has 1 atom stereocenters. The first-order chi connectivity index (χ1) is 9.61. The van der Waals surface area contributed by atoms with Crippen molar-refractivity contribution in [3.05, 3.63) is 70.4 Å². The molecule has 0 saturated heterocycles. The topological polar surface area (TPSA) is 39.2 Å². The number of rotatable bonds is 3. The van der Waals surface area contributed by atoms with E-state index in [1.165, 1.54) is 5.56 Å². The Kier molecular flexibility index (Phi) is 3.51. The van der Waals surface area contributed by atoms with Gasteiger partial charge in [0.1, 0.15) is 11.3 Å². The van der Waals surface area contributed by atoms with Crippen LogP contribution in [0, 0.1) is 6.92 Å². The van der Waals surface area contributed by atoms with E-state index in [9.17, 15) is 0 Å². The Bertz CT molecular complexity index is 730. The van der Waals surface area contributed by atoms with Crippen LogP contribution in [-0.2, 0) is 6.42 Å². The Labute approximate surface area is 123 Å². The number of hydrogen-bond acceptors (Lipinski definition) is 2. The van der Waals surface area contributed by atoms with Crippen LogP contribution in [-0.4, -0.2) is 0 Å². The van der Waals surface area contributed by atoms with E-state index in [-0.39, 0.29) is 6.04 Å². The molecular weight excluding hydrogens is 270 g/mol. The second-order valence-electron chi connectivity index (χ2n) is 5.13. The normalized spacial score (nSPS) is 12.8. The molecule has 0 aliphatic carbocycles. The van der Waals surface area contributed by atoms with E-state index in [2.05, 4.69) is 13.0 Å². The molecule has 0 aliphatic heterocycles. The summed E-state index contributed by atoms with van der Waals surface area (Å²) in [5.74, 6) is 0.820. The minimum atomic E-state index is -0.149. The molecule has 0 amide bonds. The van der Waals surface area contributed by atoms with Crippen molar-refractivity contribution < 1.29 is 4.42 Å². The number of hydrogen-bond donors (Lipinski definition) is 1. The van der Waals surface area contributed by atoms with Crippen molar-refractivity contribution in [3.63, 3.8) is 0 Å². The molecule has 3 rings (SSSR count). The number of benzene rings is 2. The average Bonchev–Trinajstić information content (AvgIpc) is 2.84. The van der Waals surface area contributed by atoms with E-state index in [4.69, 9.17) is 21.8 Å². The first-order valence-corrected chi connectivity index (χ1v) is 7.00. The van der Waals surface area contributed by atoms with Crippen LogP contribution in [0.5, 0.6) is 0 Å². The van der Waals surface area contributed by atoms with E-state index in [1.54, 1.807) is 0 Å². The van der Waals surface area contributed by atoms with Gasteiger partial charge in [0.2, 0.25) is 0 Å². The van der Waals surface area contributed by atoms with E-state index in [0.717, 1.165) is 33.7 Å². The number of halogens is 1. The van der Waals surface area contributed by atoms with Gasteiger partial charge in [-0.3, -0.25) is 0 Å². The third kappa shape index (κ3) is 2.72. The summed E-state index contributed by atoms with van der Waals surface area (Å²) in [6.07, 6.45) is 0.732. The lowest BCUT2D eigenvalue weighted by molar-refractivity contribution is 0.494. The largest absolute Gasteiger partial charge is 0.459 e. The zero-order chi connectivity index (χ0) is 14.1. The Morgan fingerprint density at radius 3 is 2.60 bits per heavy atom. The fourth-order valence-electron chi connectivity index (χ4n) is 2.34. The van der Waals surface area contributed by atoms with Crippen molar-refractivity contribution in [1.29, 1.82) is 0 Å². The van der Waals surface area contributed by atoms with Gasteiger partial charge >= 0.3 is 0 Å². The van der Waals surface area contributed by atoms with E-state index >= 15 is 0 Å². The lowest BCUT2D eigenvalue weighted by Gasteiger charge is -2.08. The molecule has 3 aromatic rings. The zero-order valence-electron chi connectivity index (χ0n) is 11.3. The fraction of sp³-hybridized carbons (Fsp3) is 0.176. The number of fused-ring (bicyclic) bond motifs is 1. The highest BCUT2D eigenvalue weighted by molar-refractivity contribution is 6.30. The summed E-state index contributed by atoms with van der Waals surface area (Å²) in [5.41, 5.74) is 9.50. The third-order valence-electron chi connectivity index (χ3n) is 3.43. The molecule has 0 bridgehead atoms. The second kappa shape index (κ2) is 5.31. The predicted octanol–water partition coefficient (Wildman–Crippen LogP) is 4.64. The number of aryl methyl sites for hydroxylation is 1. The summed E-state index contributed by atoms with van der Waals surface area (Å²) in [6.45, 7) is 2.07. The summed E-state index contributed by atoms with van der Waals surface area (Å²) in [7, 11) is 0. The molecule has 1 unspecified atom stereocenters. The standard InChI is InChI=1S/C17H16ClNO/c1-11-2-7-16-13(8-11)10-17(20-16)15(19)9-12-3-5-14(18)6-4-12/h2-8,10,15H,9,19H2,1H3. The molecule has 0 fully saturated rings. The van der Waals surface area contributed by atoms with Crippen LogP contribution in [0.2, 0.25) is 5.02 Å². The molecule has 20 heavy (non-hydrogen) atoms. The summed E-state index contributed by atoms with van der Waals surface area (Å²) >= 11 is 5.88. The molecular formula is C17H16ClNO. The van der Waals surface area contributed by atoms with Crippen LogP contribution in [0.1, 0.15) is 22.9 Å². The Balaban J connectivity index is 1.84. The van der Waals surface area contributed by atoms with Gasteiger partial charge < -0.3 is 10.2 Å². The summed E-state index contributed by atoms with van der Waals surface area (Å²) in [5, 5.41) is 1.84. The van der Waals surface area contributed by atoms with Gasteiger partial charge in [-0.1, -0.05) is 35.4 Å². The molecule has 2 nitrogen and oxygen atoms in total. The number of furan rings is 1. The van der Waals surface area contributed by atoms with Crippen LogP contribution in [0.25, 0.3) is 11.0 Å². The molecule has 102 valence electrons. The van der Waals surface area contributed by atoms with Crippen LogP contribution < -0.4 is 5.73 Å². The first kappa shape index (κ1) is 13.2. The van der Waals surface area contributed by atoms with E-state index < -0.39 is 0 Å². The number of nitrogens with two attached hydrogens (primary N) is 1. The average molecular weight is 286 g/mol. The smallest absolute Gasteiger partial charge is 0.134 e. The molecule has 1 heterocycles. The van der Waals surface area contributed by atoms with Gasteiger partial charge in [0.15, 0.2) is 0 Å². The second-order valence-corrected chi connectivity index (χ2v) is 5.56. The van der Waals surface area contributed by atoms with Crippen molar-refractivity contribution in [2.24, 2.45) is 5.73 Å². The molecule has 0 radical (unpaired) electrons. The van der Waals surface area contributed by atoms with Gasteiger partial charge in [-0.25, -0.2) is 0 Å². The highest BCUT2D eigenvalue weighted by Crippen LogP contribution is 2.26. The van der Waals surface area contributed by atoms with Crippen molar-refractivity contribution >= 4 is 22.6 Å². The van der Waals surface area contributed by atoms with Crippen LogP contribution in [0.15, 0.2) is 52.9 Å². The van der Waals surface area contributed by atoms with Gasteiger partial charge in [-0.2, -0.15) is 0 Å². The highest BCUT2D eigenvalue weighted by atomic mass is 35.5. The van der Waals surface area contributed by atoms with Crippen molar-refractivity contribution in [3.8, 4) is 0 Å².